The average molecular weight is 249 g/mol. The minimum atomic E-state index is -0.0984. The van der Waals surface area contributed by atoms with Crippen LogP contribution in [-0.4, -0.2) is 13.3 Å². The van der Waals surface area contributed by atoms with Crippen LogP contribution in [0.4, 0.5) is 0 Å². The fourth-order valence-corrected chi connectivity index (χ4v) is 2.21. The molecule has 1 aromatic rings. The number of hydrogen-bond donors (Lipinski definition) is 0. The minimum absolute atomic E-state index is 0.0984. The van der Waals surface area contributed by atoms with Gasteiger partial charge in [0.25, 0.3) is 0 Å². The Morgan fingerprint density at radius 3 is 2.26 bits per heavy atom. The molecule has 2 rings (SSSR count). The third-order valence-electron chi connectivity index (χ3n) is 3.44. The molecule has 0 saturated heterocycles. The summed E-state index contributed by atoms with van der Waals surface area (Å²) in [6.07, 6.45) is 12.4. The van der Waals surface area contributed by atoms with Gasteiger partial charge in [-0.15, -0.1) is 0 Å². The van der Waals surface area contributed by atoms with Crippen LogP contribution < -0.4 is 0 Å². The summed E-state index contributed by atoms with van der Waals surface area (Å²) in [7, 11) is 1.78. The summed E-state index contributed by atoms with van der Waals surface area (Å²) in [6.45, 7) is 6.08. The summed E-state index contributed by atoms with van der Waals surface area (Å²) in [6, 6.07) is 10.5. The Morgan fingerprint density at radius 1 is 1.05 bits per heavy atom. The molecular weight excluding hydrogens is 230 g/mol. The quantitative estimate of drug-likeness (QED) is 0.710. The van der Waals surface area contributed by atoms with E-state index in [1.807, 2.05) is 18.4 Å². The van der Waals surface area contributed by atoms with E-state index in [-0.39, 0.29) is 5.41 Å². The second-order valence-corrected chi connectivity index (χ2v) is 4.82. The van der Waals surface area contributed by atoms with Crippen LogP contribution in [0, 0.1) is 0 Å². The summed E-state index contributed by atoms with van der Waals surface area (Å²) in [5.41, 5.74) is 3.37. The van der Waals surface area contributed by atoms with E-state index >= 15 is 0 Å². The highest BCUT2D eigenvalue weighted by molar-refractivity contribution is 5.85. The molecule has 1 atom stereocenters. The fourth-order valence-electron chi connectivity index (χ4n) is 2.21. The maximum absolute atomic E-state index is 4.10. The van der Waals surface area contributed by atoms with Gasteiger partial charge < -0.3 is 0 Å². The predicted molar refractivity (Wildman–Crippen MR) is 83.7 cm³/mol. The first-order valence-corrected chi connectivity index (χ1v) is 6.42. The van der Waals surface area contributed by atoms with E-state index in [1.54, 1.807) is 7.05 Å². The maximum atomic E-state index is 4.10. The van der Waals surface area contributed by atoms with Crippen molar-refractivity contribution < 1.29 is 0 Å². The van der Waals surface area contributed by atoms with Gasteiger partial charge in [-0.3, -0.25) is 4.99 Å². The Balaban J connectivity index is 2.46. The third kappa shape index (κ3) is 2.82. The number of hydrogen-bond acceptors (Lipinski definition) is 1. The molecule has 0 spiro atoms. The van der Waals surface area contributed by atoms with E-state index in [4.69, 9.17) is 0 Å². The molecule has 0 amide bonds. The van der Waals surface area contributed by atoms with Gasteiger partial charge in [0.05, 0.1) is 0 Å². The van der Waals surface area contributed by atoms with E-state index in [1.165, 1.54) is 5.56 Å². The van der Waals surface area contributed by atoms with E-state index in [0.29, 0.717) is 0 Å². The number of nitrogens with zero attached hydrogens (tertiary/aromatic N) is 1. The van der Waals surface area contributed by atoms with Crippen LogP contribution in [0.3, 0.4) is 0 Å². The topological polar surface area (TPSA) is 12.4 Å². The van der Waals surface area contributed by atoms with Gasteiger partial charge in [-0.05, 0) is 23.6 Å². The molecule has 0 fully saturated rings. The zero-order valence-electron chi connectivity index (χ0n) is 11.5. The molecular formula is C18H19N. The highest BCUT2D eigenvalue weighted by Gasteiger charge is 2.21. The molecule has 0 saturated carbocycles. The van der Waals surface area contributed by atoms with E-state index in [2.05, 4.69) is 67.1 Å². The molecule has 1 aromatic carbocycles. The lowest BCUT2D eigenvalue weighted by Crippen LogP contribution is -2.14. The van der Waals surface area contributed by atoms with E-state index in [9.17, 15) is 0 Å². The molecule has 0 N–H and O–H groups in total. The van der Waals surface area contributed by atoms with Crippen molar-refractivity contribution >= 4 is 6.21 Å². The molecule has 1 aliphatic carbocycles. The first-order chi connectivity index (χ1) is 9.19. The Kier molecular flexibility index (Phi) is 3.96. The lowest BCUT2D eigenvalue weighted by molar-refractivity contribution is 0.758. The first-order valence-electron chi connectivity index (χ1n) is 6.42. The Bertz CT molecular complexity index is 573. The lowest BCUT2D eigenvalue weighted by atomic mass is 9.82. The number of rotatable bonds is 3. The highest BCUT2D eigenvalue weighted by atomic mass is 14.6. The van der Waals surface area contributed by atoms with Crippen molar-refractivity contribution in [3.05, 3.63) is 84.0 Å². The van der Waals surface area contributed by atoms with Crippen molar-refractivity contribution in [1.29, 1.82) is 0 Å². The molecule has 0 heterocycles. The largest absolute Gasteiger partial charge is 0.296 e. The summed E-state index contributed by atoms with van der Waals surface area (Å²) >= 11 is 0. The number of allylic oxidation sites excluding steroid dienone is 7. The molecule has 96 valence electrons. The third-order valence-corrected chi connectivity index (χ3v) is 3.44. The Hall–Kier alpha value is -2.15. The SMILES string of the molecule is C=CC1=C(C=NC)C=CC(C)(c2ccccc2)C=C1. The van der Waals surface area contributed by atoms with Crippen LogP contribution >= 0.6 is 0 Å². The van der Waals surface area contributed by atoms with Crippen molar-refractivity contribution in [2.45, 2.75) is 12.3 Å². The van der Waals surface area contributed by atoms with Crippen LogP contribution in [0.2, 0.25) is 0 Å². The summed E-state index contributed by atoms with van der Waals surface area (Å²) in [5, 5.41) is 0. The van der Waals surface area contributed by atoms with Gasteiger partial charge in [0, 0.05) is 18.7 Å². The second-order valence-electron chi connectivity index (χ2n) is 4.82. The van der Waals surface area contributed by atoms with Gasteiger partial charge in [-0.25, -0.2) is 0 Å². The highest BCUT2D eigenvalue weighted by Crippen LogP contribution is 2.30. The van der Waals surface area contributed by atoms with Crippen molar-refractivity contribution in [3.8, 4) is 0 Å². The van der Waals surface area contributed by atoms with Crippen molar-refractivity contribution in [2.75, 3.05) is 7.05 Å². The molecule has 0 bridgehead atoms. The average Bonchev–Trinajstić information content (AvgIpc) is 2.61. The number of benzene rings is 1. The van der Waals surface area contributed by atoms with Crippen LogP contribution in [0.15, 0.2) is 83.4 Å². The molecule has 19 heavy (non-hydrogen) atoms. The van der Waals surface area contributed by atoms with Gasteiger partial charge in [0.2, 0.25) is 0 Å². The van der Waals surface area contributed by atoms with Crippen LogP contribution in [0.1, 0.15) is 12.5 Å². The van der Waals surface area contributed by atoms with Gasteiger partial charge in [-0.1, -0.05) is 67.3 Å². The molecule has 1 nitrogen and oxygen atoms in total. The monoisotopic (exact) mass is 249 g/mol. The first kappa shape index (κ1) is 13.3. The van der Waals surface area contributed by atoms with Gasteiger partial charge in [-0.2, -0.15) is 0 Å². The lowest BCUT2D eigenvalue weighted by Gasteiger charge is -2.22. The smallest absolute Gasteiger partial charge is 0.0290 e. The van der Waals surface area contributed by atoms with E-state index < -0.39 is 0 Å². The molecule has 1 aliphatic rings. The van der Waals surface area contributed by atoms with Crippen LogP contribution in [0.5, 0.6) is 0 Å². The van der Waals surface area contributed by atoms with Gasteiger partial charge in [0.1, 0.15) is 0 Å². The Morgan fingerprint density at radius 2 is 1.68 bits per heavy atom. The van der Waals surface area contributed by atoms with Crippen molar-refractivity contribution in [2.24, 2.45) is 4.99 Å². The van der Waals surface area contributed by atoms with Crippen molar-refractivity contribution in [3.63, 3.8) is 0 Å². The molecule has 1 heteroatoms. The predicted octanol–water partition coefficient (Wildman–Crippen LogP) is 4.25. The van der Waals surface area contributed by atoms with Gasteiger partial charge >= 0.3 is 0 Å². The standard InChI is InChI=1S/C18H19N/c1-4-15-10-12-18(2,13-11-16(15)14-19-3)17-8-6-5-7-9-17/h4-14H,1H2,2-3H3. The Labute approximate surface area is 115 Å². The summed E-state index contributed by atoms with van der Waals surface area (Å²) < 4.78 is 0. The zero-order valence-corrected chi connectivity index (χ0v) is 11.5. The van der Waals surface area contributed by atoms with Crippen LogP contribution in [-0.2, 0) is 5.41 Å². The fraction of sp³-hybridized carbons (Fsp3) is 0.167. The molecule has 0 aromatic heterocycles. The van der Waals surface area contributed by atoms with Crippen LogP contribution in [0.25, 0.3) is 0 Å². The normalized spacial score (nSPS) is 22.8. The van der Waals surface area contributed by atoms with Crippen molar-refractivity contribution in [1.82, 2.24) is 0 Å². The summed E-state index contributed by atoms with van der Waals surface area (Å²) in [4.78, 5) is 4.10. The van der Waals surface area contributed by atoms with Gasteiger partial charge in [0.15, 0.2) is 0 Å². The molecule has 0 radical (unpaired) electrons. The second kappa shape index (κ2) is 5.66. The zero-order chi connectivity index (χ0) is 13.7. The van der Waals surface area contributed by atoms with E-state index in [0.717, 1.165) is 11.1 Å². The maximum Gasteiger partial charge on any atom is 0.0290 e. The molecule has 1 unspecified atom stereocenters. The minimum Gasteiger partial charge on any atom is -0.296 e. The summed E-state index contributed by atoms with van der Waals surface area (Å²) in [5.74, 6) is 0. The molecule has 0 aliphatic heterocycles. The number of aliphatic imine (C=N–C) groups is 1.